The molecule has 4 nitrogen and oxygen atoms in total. The van der Waals surface area contributed by atoms with Crippen molar-refractivity contribution in [3.8, 4) is 6.07 Å². The van der Waals surface area contributed by atoms with Crippen LogP contribution in [0.25, 0.3) is 0 Å². The lowest BCUT2D eigenvalue weighted by Crippen LogP contribution is -2.23. The Morgan fingerprint density at radius 2 is 2.50 bits per heavy atom. The monoisotopic (exact) mass is 193 g/mol. The van der Waals surface area contributed by atoms with E-state index < -0.39 is 0 Å². The predicted molar refractivity (Wildman–Crippen MR) is 53.4 cm³/mol. The zero-order chi connectivity index (χ0) is 10.4. The molecule has 1 saturated carbocycles. The van der Waals surface area contributed by atoms with Crippen molar-refractivity contribution >= 4 is 11.6 Å². The molecule has 1 aliphatic carbocycles. The SMILES string of the molecule is C[C@H]1CCCC/C1=N/NC(=O)CC#N. The third kappa shape index (κ3) is 3.17. The number of nitriles is 1. The van der Waals surface area contributed by atoms with Crippen LogP contribution in [-0.4, -0.2) is 11.6 Å². The highest BCUT2D eigenvalue weighted by Crippen LogP contribution is 2.20. The van der Waals surface area contributed by atoms with Gasteiger partial charge in [-0.1, -0.05) is 13.3 Å². The fourth-order valence-corrected chi connectivity index (χ4v) is 1.58. The quantitative estimate of drug-likeness (QED) is 0.676. The molecule has 1 amide bonds. The minimum atomic E-state index is -0.322. The second kappa shape index (κ2) is 5.38. The zero-order valence-electron chi connectivity index (χ0n) is 8.42. The summed E-state index contributed by atoms with van der Waals surface area (Å²) in [5.41, 5.74) is 3.47. The second-order valence-corrected chi connectivity index (χ2v) is 3.62. The average molecular weight is 193 g/mol. The van der Waals surface area contributed by atoms with Crippen LogP contribution in [-0.2, 0) is 4.79 Å². The molecule has 0 saturated heterocycles. The number of nitrogens with zero attached hydrogens (tertiary/aromatic N) is 2. The summed E-state index contributed by atoms with van der Waals surface area (Å²) in [5.74, 6) is 0.143. The lowest BCUT2D eigenvalue weighted by atomic mass is 9.89. The van der Waals surface area contributed by atoms with Gasteiger partial charge in [0.1, 0.15) is 6.42 Å². The van der Waals surface area contributed by atoms with E-state index in [9.17, 15) is 4.79 Å². The predicted octanol–water partition coefficient (Wildman–Crippen LogP) is 1.58. The molecule has 0 aromatic heterocycles. The lowest BCUT2D eigenvalue weighted by Gasteiger charge is -2.19. The molecule has 1 fully saturated rings. The third-order valence-corrected chi connectivity index (χ3v) is 2.45. The fraction of sp³-hybridized carbons (Fsp3) is 0.700. The van der Waals surface area contributed by atoms with E-state index in [1.54, 1.807) is 6.07 Å². The summed E-state index contributed by atoms with van der Waals surface area (Å²) in [4.78, 5) is 11.0. The molecule has 1 aliphatic rings. The van der Waals surface area contributed by atoms with Gasteiger partial charge in [-0.3, -0.25) is 4.79 Å². The Morgan fingerprint density at radius 3 is 3.14 bits per heavy atom. The summed E-state index contributed by atoms with van der Waals surface area (Å²) >= 11 is 0. The second-order valence-electron chi connectivity index (χ2n) is 3.62. The van der Waals surface area contributed by atoms with Crippen LogP contribution in [0, 0.1) is 17.2 Å². The van der Waals surface area contributed by atoms with Crippen LogP contribution < -0.4 is 5.43 Å². The maximum atomic E-state index is 11.0. The van der Waals surface area contributed by atoms with E-state index in [0.717, 1.165) is 25.0 Å². The molecule has 0 radical (unpaired) electrons. The maximum absolute atomic E-state index is 11.0. The standard InChI is InChI=1S/C10H15N3O/c1-8-4-2-3-5-9(8)12-13-10(14)6-7-11/h8H,2-6H2,1H3,(H,13,14)/b12-9-/t8-/m0/s1. The van der Waals surface area contributed by atoms with Crippen molar-refractivity contribution < 1.29 is 4.79 Å². The highest BCUT2D eigenvalue weighted by atomic mass is 16.2. The zero-order valence-corrected chi connectivity index (χ0v) is 8.42. The molecule has 0 spiro atoms. The van der Waals surface area contributed by atoms with Crippen LogP contribution in [0.5, 0.6) is 0 Å². The Bertz CT molecular complexity index is 278. The molecular formula is C10H15N3O. The van der Waals surface area contributed by atoms with Gasteiger partial charge in [-0.2, -0.15) is 10.4 Å². The van der Waals surface area contributed by atoms with E-state index in [2.05, 4.69) is 17.5 Å². The molecule has 1 atom stereocenters. The Kier molecular flexibility index (Phi) is 4.11. The Hall–Kier alpha value is -1.37. The lowest BCUT2D eigenvalue weighted by molar-refractivity contribution is -0.120. The Morgan fingerprint density at radius 1 is 1.71 bits per heavy atom. The molecule has 0 bridgehead atoms. The summed E-state index contributed by atoms with van der Waals surface area (Å²) in [6.07, 6.45) is 4.38. The van der Waals surface area contributed by atoms with Gasteiger partial charge in [0.2, 0.25) is 0 Å². The van der Waals surface area contributed by atoms with Crippen molar-refractivity contribution in [3.05, 3.63) is 0 Å². The van der Waals surface area contributed by atoms with Gasteiger partial charge in [0.25, 0.3) is 5.91 Å². The molecule has 1 rings (SSSR count). The molecule has 4 heteroatoms. The van der Waals surface area contributed by atoms with Crippen LogP contribution in [0.1, 0.15) is 39.0 Å². The summed E-state index contributed by atoms with van der Waals surface area (Å²) < 4.78 is 0. The molecule has 0 unspecified atom stereocenters. The molecule has 0 aromatic rings. The number of carbonyl (C=O) groups excluding carboxylic acids is 1. The van der Waals surface area contributed by atoms with Crippen LogP contribution in [0.2, 0.25) is 0 Å². The minimum Gasteiger partial charge on any atom is -0.272 e. The van der Waals surface area contributed by atoms with Crippen LogP contribution >= 0.6 is 0 Å². The van der Waals surface area contributed by atoms with Gasteiger partial charge in [-0.05, 0) is 25.2 Å². The van der Waals surface area contributed by atoms with Gasteiger partial charge in [0, 0.05) is 5.71 Å². The van der Waals surface area contributed by atoms with Gasteiger partial charge in [-0.15, -0.1) is 0 Å². The molecule has 14 heavy (non-hydrogen) atoms. The fourth-order valence-electron chi connectivity index (χ4n) is 1.58. The van der Waals surface area contributed by atoms with E-state index in [1.807, 2.05) is 0 Å². The van der Waals surface area contributed by atoms with Crippen molar-refractivity contribution in [3.63, 3.8) is 0 Å². The minimum absolute atomic E-state index is 0.120. The van der Waals surface area contributed by atoms with Gasteiger partial charge in [0.15, 0.2) is 0 Å². The first-order valence-electron chi connectivity index (χ1n) is 4.96. The number of carbonyl (C=O) groups is 1. The van der Waals surface area contributed by atoms with Gasteiger partial charge in [-0.25, -0.2) is 5.43 Å². The van der Waals surface area contributed by atoms with E-state index >= 15 is 0 Å². The van der Waals surface area contributed by atoms with Crippen molar-refractivity contribution in [2.45, 2.75) is 39.0 Å². The maximum Gasteiger partial charge on any atom is 0.254 e. The molecule has 0 aliphatic heterocycles. The van der Waals surface area contributed by atoms with Crippen LogP contribution in [0.15, 0.2) is 5.10 Å². The third-order valence-electron chi connectivity index (χ3n) is 2.45. The van der Waals surface area contributed by atoms with Gasteiger partial charge in [0.05, 0.1) is 6.07 Å². The highest BCUT2D eigenvalue weighted by Gasteiger charge is 2.15. The topological polar surface area (TPSA) is 65.2 Å². The van der Waals surface area contributed by atoms with Crippen molar-refractivity contribution in [2.24, 2.45) is 11.0 Å². The first kappa shape index (κ1) is 10.7. The first-order valence-corrected chi connectivity index (χ1v) is 4.96. The summed E-state index contributed by atoms with van der Waals surface area (Å²) in [6, 6.07) is 1.79. The number of rotatable bonds is 2. The van der Waals surface area contributed by atoms with Gasteiger partial charge >= 0.3 is 0 Å². The summed E-state index contributed by atoms with van der Waals surface area (Å²) in [7, 11) is 0. The Labute approximate surface area is 84.0 Å². The van der Waals surface area contributed by atoms with E-state index in [1.165, 1.54) is 6.42 Å². The number of hydrogen-bond donors (Lipinski definition) is 1. The molecule has 0 aromatic carbocycles. The van der Waals surface area contributed by atoms with E-state index in [0.29, 0.717) is 5.92 Å². The molecule has 76 valence electrons. The number of amides is 1. The largest absolute Gasteiger partial charge is 0.272 e. The van der Waals surface area contributed by atoms with Crippen molar-refractivity contribution in [1.29, 1.82) is 5.26 Å². The number of nitrogens with one attached hydrogen (secondary N) is 1. The van der Waals surface area contributed by atoms with E-state index in [4.69, 9.17) is 5.26 Å². The van der Waals surface area contributed by atoms with Gasteiger partial charge < -0.3 is 0 Å². The average Bonchev–Trinajstić information content (AvgIpc) is 2.17. The first-order chi connectivity index (χ1) is 6.74. The molecule has 1 N–H and O–H groups in total. The summed E-state index contributed by atoms with van der Waals surface area (Å²) in [6.45, 7) is 2.12. The number of hydrazone groups is 1. The smallest absolute Gasteiger partial charge is 0.254 e. The van der Waals surface area contributed by atoms with E-state index in [-0.39, 0.29) is 12.3 Å². The van der Waals surface area contributed by atoms with Crippen molar-refractivity contribution in [1.82, 2.24) is 5.43 Å². The van der Waals surface area contributed by atoms with Crippen molar-refractivity contribution in [2.75, 3.05) is 0 Å². The molecule has 0 heterocycles. The molecular weight excluding hydrogens is 178 g/mol. The van der Waals surface area contributed by atoms with Crippen LogP contribution in [0.4, 0.5) is 0 Å². The Balaban J connectivity index is 2.43. The normalized spacial score (nSPS) is 24.3. The number of hydrogen-bond acceptors (Lipinski definition) is 3. The van der Waals surface area contributed by atoms with Crippen LogP contribution in [0.3, 0.4) is 0 Å². The highest BCUT2D eigenvalue weighted by molar-refractivity contribution is 5.88. The summed E-state index contributed by atoms with van der Waals surface area (Å²) in [5, 5.41) is 12.3.